The number of carboxylic acids is 1. The largest absolute Gasteiger partial charge is 0.493 e. The Morgan fingerprint density at radius 1 is 1.18 bits per heavy atom. The Morgan fingerprint density at radius 3 is 2.50 bits per heavy atom. The minimum absolute atomic E-state index is 0.238. The number of rotatable bonds is 6. The first kappa shape index (κ1) is 15.6. The Morgan fingerprint density at radius 2 is 1.91 bits per heavy atom. The van der Waals surface area contributed by atoms with Crippen LogP contribution >= 0.6 is 0 Å². The summed E-state index contributed by atoms with van der Waals surface area (Å²) in [7, 11) is 1.59. The summed E-state index contributed by atoms with van der Waals surface area (Å²) in [6, 6.07) is 11.9. The predicted molar refractivity (Wildman–Crippen MR) is 84.8 cm³/mol. The summed E-state index contributed by atoms with van der Waals surface area (Å²) in [6.45, 7) is 2.48. The molecule has 0 saturated carbocycles. The second-order valence-electron chi connectivity index (χ2n) is 4.45. The number of benzene rings is 2. The second-order valence-corrected chi connectivity index (χ2v) is 4.45. The molecule has 5 nitrogen and oxygen atoms in total. The molecule has 0 saturated heterocycles. The van der Waals surface area contributed by atoms with Gasteiger partial charge in [-0.3, -0.25) is 4.99 Å². The van der Waals surface area contributed by atoms with Gasteiger partial charge >= 0.3 is 5.97 Å². The minimum Gasteiger partial charge on any atom is -0.493 e. The number of nitrogens with zero attached hydrogens (tertiary/aromatic N) is 1. The van der Waals surface area contributed by atoms with Crippen LogP contribution in [0, 0.1) is 0 Å². The first-order valence-corrected chi connectivity index (χ1v) is 6.82. The van der Waals surface area contributed by atoms with Gasteiger partial charge < -0.3 is 14.6 Å². The van der Waals surface area contributed by atoms with Crippen molar-refractivity contribution < 1.29 is 19.4 Å². The van der Waals surface area contributed by atoms with Gasteiger partial charge in [0, 0.05) is 6.21 Å². The lowest BCUT2D eigenvalue weighted by Crippen LogP contribution is -1.96. The Bertz CT molecular complexity index is 678. The molecule has 0 unspecified atom stereocenters. The van der Waals surface area contributed by atoms with Crippen molar-refractivity contribution in [3.63, 3.8) is 0 Å². The maximum atomic E-state index is 10.8. The Balaban J connectivity index is 2.17. The van der Waals surface area contributed by atoms with Crippen LogP contribution in [-0.2, 0) is 0 Å². The molecule has 0 aliphatic carbocycles. The van der Waals surface area contributed by atoms with Gasteiger partial charge in [0.15, 0.2) is 11.5 Å². The molecule has 0 aliphatic rings. The highest BCUT2D eigenvalue weighted by atomic mass is 16.5. The fourth-order valence-electron chi connectivity index (χ4n) is 1.88. The van der Waals surface area contributed by atoms with Gasteiger partial charge in [0.05, 0.1) is 25.0 Å². The van der Waals surface area contributed by atoms with Crippen LogP contribution in [0.15, 0.2) is 47.5 Å². The third-order valence-electron chi connectivity index (χ3n) is 2.96. The van der Waals surface area contributed by atoms with E-state index in [-0.39, 0.29) is 5.56 Å². The Hall–Kier alpha value is -2.82. The predicted octanol–water partition coefficient (Wildman–Crippen LogP) is 3.54. The van der Waals surface area contributed by atoms with Crippen molar-refractivity contribution in [2.24, 2.45) is 4.99 Å². The van der Waals surface area contributed by atoms with Crippen molar-refractivity contribution in [2.75, 3.05) is 13.7 Å². The van der Waals surface area contributed by atoms with Crippen LogP contribution in [-0.4, -0.2) is 31.0 Å². The summed E-state index contributed by atoms with van der Waals surface area (Å²) < 4.78 is 10.7. The van der Waals surface area contributed by atoms with Gasteiger partial charge in [-0.05, 0) is 55.0 Å². The van der Waals surface area contributed by atoms with Crippen LogP contribution in [0.4, 0.5) is 5.69 Å². The lowest BCUT2D eigenvalue weighted by atomic mass is 10.2. The highest BCUT2D eigenvalue weighted by molar-refractivity contribution is 5.88. The van der Waals surface area contributed by atoms with Gasteiger partial charge in [-0.15, -0.1) is 0 Å². The fraction of sp³-hybridized carbons (Fsp3) is 0.176. The van der Waals surface area contributed by atoms with Gasteiger partial charge in [0.25, 0.3) is 0 Å². The molecule has 0 amide bonds. The van der Waals surface area contributed by atoms with E-state index in [1.165, 1.54) is 12.1 Å². The molecule has 2 aromatic rings. The molecule has 0 aliphatic heterocycles. The van der Waals surface area contributed by atoms with Gasteiger partial charge in [-0.2, -0.15) is 0 Å². The summed E-state index contributed by atoms with van der Waals surface area (Å²) >= 11 is 0. The van der Waals surface area contributed by atoms with Crippen molar-refractivity contribution in [1.82, 2.24) is 0 Å². The lowest BCUT2D eigenvalue weighted by molar-refractivity contribution is 0.0697. The van der Waals surface area contributed by atoms with Crippen LogP contribution in [0.25, 0.3) is 0 Å². The zero-order valence-corrected chi connectivity index (χ0v) is 12.4. The molecule has 0 radical (unpaired) electrons. The summed E-state index contributed by atoms with van der Waals surface area (Å²) in [6.07, 6.45) is 1.69. The van der Waals surface area contributed by atoms with E-state index >= 15 is 0 Å². The molecule has 0 spiro atoms. The van der Waals surface area contributed by atoms with E-state index in [0.717, 1.165) is 5.56 Å². The molecule has 0 atom stereocenters. The minimum atomic E-state index is -0.952. The normalized spacial score (nSPS) is 10.6. The van der Waals surface area contributed by atoms with Crippen LogP contribution in [0.2, 0.25) is 0 Å². The summed E-state index contributed by atoms with van der Waals surface area (Å²) in [5, 5.41) is 8.85. The van der Waals surface area contributed by atoms with E-state index in [2.05, 4.69) is 4.99 Å². The third kappa shape index (κ3) is 3.85. The van der Waals surface area contributed by atoms with Crippen molar-refractivity contribution in [3.05, 3.63) is 53.6 Å². The van der Waals surface area contributed by atoms with E-state index in [4.69, 9.17) is 14.6 Å². The van der Waals surface area contributed by atoms with Crippen LogP contribution in [0.1, 0.15) is 22.8 Å². The lowest BCUT2D eigenvalue weighted by Gasteiger charge is -2.09. The van der Waals surface area contributed by atoms with Gasteiger partial charge in [0.2, 0.25) is 0 Å². The number of carbonyl (C=O) groups is 1. The maximum absolute atomic E-state index is 10.8. The van der Waals surface area contributed by atoms with E-state index in [0.29, 0.717) is 23.8 Å². The zero-order chi connectivity index (χ0) is 15.9. The molecule has 2 aromatic carbocycles. The maximum Gasteiger partial charge on any atom is 0.335 e. The highest BCUT2D eigenvalue weighted by Crippen LogP contribution is 2.27. The molecule has 0 aromatic heterocycles. The van der Waals surface area contributed by atoms with Crippen LogP contribution in [0.3, 0.4) is 0 Å². The zero-order valence-electron chi connectivity index (χ0n) is 12.4. The molecular weight excluding hydrogens is 282 g/mol. The molecule has 1 N–H and O–H groups in total. The van der Waals surface area contributed by atoms with Crippen LogP contribution in [0.5, 0.6) is 11.5 Å². The average Bonchev–Trinajstić information content (AvgIpc) is 2.54. The number of ether oxygens (including phenoxy) is 2. The summed E-state index contributed by atoms with van der Waals surface area (Å²) in [5.74, 6) is 0.381. The number of aliphatic imine (C=N–C) groups is 1. The molecular formula is C17H17NO4. The molecule has 5 heteroatoms. The topological polar surface area (TPSA) is 68.1 Å². The number of aromatic carboxylic acids is 1. The number of hydrogen-bond donors (Lipinski definition) is 1. The van der Waals surface area contributed by atoms with Crippen molar-refractivity contribution in [3.8, 4) is 11.5 Å². The van der Waals surface area contributed by atoms with E-state index in [1.54, 1.807) is 25.5 Å². The highest BCUT2D eigenvalue weighted by Gasteiger charge is 2.04. The van der Waals surface area contributed by atoms with E-state index < -0.39 is 5.97 Å². The Kier molecular flexibility index (Phi) is 5.14. The van der Waals surface area contributed by atoms with Gasteiger partial charge in [0.1, 0.15) is 0 Å². The first-order valence-electron chi connectivity index (χ1n) is 6.82. The molecule has 22 heavy (non-hydrogen) atoms. The molecule has 2 rings (SSSR count). The van der Waals surface area contributed by atoms with Crippen molar-refractivity contribution in [1.29, 1.82) is 0 Å². The number of hydrogen-bond acceptors (Lipinski definition) is 4. The standard InChI is InChI=1S/C17H17NO4/c1-3-22-15-9-4-12(10-16(15)21-2)11-18-14-7-5-13(6-8-14)17(19)20/h4-11H,3H2,1-2H3,(H,19,20). The number of carboxylic acid groups (broad SMARTS) is 1. The Labute approximate surface area is 128 Å². The van der Waals surface area contributed by atoms with Gasteiger partial charge in [-0.25, -0.2) is 4.79 Å². The monoisotopic (exact) mass is 299 g/mol. The van der Waals surface area contributed by atoms with Gasteiger partial charge in [-0.1, -0.05) is 0 Å². The van der Waals surface area contributed by atoms with Crippen LogP contribution < -0.4 is 9.47 Å². The first-order chi connectivity index (χ1) is 10.6. The van der Waals surface area contributed by atoms with E-state index in [1.807, 2.05) is 25.1 Å². The summed E-state index contributed by atoms with van der Waals surface area (Å²) in [5.41, 5.74) is 1.78. The fourth-order valence-corrected chi connectivity index (χ4v) is 1.88. The summed E-state index contributed by atoms with van der Waals surface area (Å²) in [4.78, 5) is 15.1. The third-order valence-corrected chi connectivity index (χ3v) is 2.96. The molecule has 0 heterocycles. The van der Waals surface area contributed by atoms with E-state index in [9.17, 15) is 4.79 Å². The molecule has 0 bridgehead atoms. The SMILES string of the molecule is CCOc1ccc(C=Nc2ccc(C(=O)O)cc2)cc1OC. The second kappa shape index (κ2) is 7.26. The quantitative estimate of drug-likeness (QED) is 0.828. The average molecular weight is 299 g/mol. The van der Waals surface area contributed by atoms with Crippen molar-refractivity contribution >= 4 is 17.9 Å². The number of methoxy groups -OCH3 is 1. The van der Waals surface area contributed by atoms with Crippen molar-refractivity contribution in [2.45, 2.75) is 6.92 Å². The molecule has 114 valence electrons. The smallest absolute Gasteiger partial charge is 0.335 e. The molecule has 0 fully saturated rings.